The third kappa shape index (κ3) is 4.43. The van der Waals surface area contributed by atoms with E-state index in [-0.39, 0.29) is 6.10 Å². The van der Waals surface area contributed by atoms with E-state index >= 15 is 0 Å². The summed E-state index contributed by atoms with van der Waals surface area (Å²) in [7, 11) is 0. The number of fused-ring (bicyclic) bond motifs is 2. The van der Waals surface area contributed by atoms with Crippen molar-refractivity contribution in [3.8, 4) is 0 Å². The van der Waals surface area contributed by atoms with E-state index in [1.807, 2.05) is 0 Å². The Morgan fingerprint density at radius 1 is 1.14 bits per heavy atom. The zero-order valence-corrected chi connectivity index (χ0v) is 13.7. The first-order valence-electron chi connectivity index (χ1n) is 9.19. The lowest BCUT2D eigenvalue weighted by atomic mass is 9.87. The number of hydrogen-bond acceptors (Lipinski definition) is 3. The van der Waals surface area contributed by atoms with E-state index in [1.165, 1.54) is 44.9 Å². The first kappa shape index (κ1) is 15.8. The van der Waals surface area contributed by atoms with Crippen molar-refractivity contribution in [3.63, 3.8) is 0 Å². The Balaban J connectivity index is 1.24. The topological polar surface area (TPSA) is 32.7 Å². The summed E-state index contributed by atoms with van der Waals surface area (Å²) in [5, 5.41) is 10.1. The fraction of sp³-hybridized carbons (Fsp3) is 1.00. The number of hydrogen-bond donors (Lipinski definition) is 1. The molecule has 0 aromatic carbocycles. The summed E-state index contributed by atoms with van der Waals surface area (Å²) in [4.78, 5) is 2.39. The molecule has 0 radical (unpaired) electrons. The van der Waals surface area contributed by atoms with Crippen LogP contribution in [0.25, 0.3) is 0 Å². The van der Waals surface area contributed by atoms with Crippen LogP contribution in [0, 0.1) is 23.7 Å². The predicted molar refractivity (Wildman–Crippen MR) is 85.2 cm³/mol. The fourth-order valence-electron chi connectivity index (χ4n) is 4.78. The van der Waals surface area contributed by atoms with Crippen molar-refractivity contribution in [1.29, 1.82) is 0 Å². The molecule has 0 aromatic rings. The van der Waals surface area contributed by atoms with Crippen LogP contribution in [0.1, 0.15) is 51.9 Å². The van der Waals surface area contributed by atoms with Crippen LogP contribution in [-0.4, -0.2) is 49.0 Å². The molecule has 1 aliphatic heterocycles. The minimum atomic E-state index is -0.307. The van der Waals surface area contributed by atoms with Gasteiger partial charge in [0.05, 0.1) is 12.7 Å². The van der Waals surface area contributed by atoms with Crippen molar-refractivity contribution in [3.05, 3.63) is 0 Å². The number of ether oxygens (including phenoxy) is 1. The summed E-state index contributed by atoms with van der Waals surface area (Å²) >= 11 is 0. The van der Waals surface area contributed by atoms with E-state index in [0.29, 0.717) is 6.61 Å². The van der Waals surface area contributed by atoms with Crippen molar-refractivity contribution in [1.82, 2.24) is 4.90 Å². The highest BCUT2D eigenvalue weighted by Gasteiger charge is 2.38. The second-order valence-electron chi connectivity index (χ2n) is 7.94. The smallest absolute Gasteiger partial charge is 0.0900 e. The lowest BCUT2D eigenvalue weighted by Crippen LogP contribution is -2.39. The number of likely N-dealkylation sites (tertiary alicyclic amines) is 1. The Morgan fingerprint density at radius 3 is 2.62 bits per heavy atom. The van der Waals surface area contributed by atoms with Crippen LogP contribution in [0.5, 0.6) is 0 Å². The predicted octanol–water partition coefficient (Wildman–Crippen LogP) is 2.92. The van der Waals surface area contributed by atoms with Crippen molar-refractivity contribution in [2.24, 2.45) is 23.7 Å². The van der Waals surface area contributed by atoms with Gasteiger partial charge in [0.25, 0.3) is 0 Å². The first-order chi connectivity index (χ1) is 10.2. The SMILES string of the molecule is CC1CCN(C[C@H](O)COCC[C@H]2C[C@H]3CC[C@H]2C3)CC1. The molecule has 0 aromatic heterocycles. The lowest BCUT2D eigenvalue weighted by Gasteiger charge is -2.31. The van der Waals surface area contributed by atoms with Gasteiger partial charge in [-0.15, -0.1) is 0 Å². The number of rotatable bonds is 7. The van der Waals surface area contributed by atoms with Gasteiger partial charge in [-0.2, -0.15) is 0 Å². The molecular formula is C18H33NO2. The molecule has 0 amide bonds. The molecule has 1 saturated heterocycles. The maximum atomic E-state index is 10.1. The summed E-state index contributed by atoms with van der Waals surface area (Å²) in [6.07, 6.45) is 9.34. The summed E-state index contributed by atoms with van der Waals surface area (Å²) < 4.78 is 5.75. The van der Waals surface area contributed by atoms with Gasteiger partial charge in [-0.3, -0.25) is 0 Å². The first-order valence-corrected chi connectivity index (χ1v) is 9.19. The maximum absolute atomic E-state index is 10.1. The molecule has 3 heteroatoms. The molecule has 0 spiro atoms. The Morgan fingerprint density at radius 2 is 1.95 bits per heavy atom. The summed E-state index contributed by atoms with van der Waals surface area (Å²) in [5.74, 6) is 3.81. The zero-order chi connectivity index (χ0) is 14.7. The quantitative estimate of drug-likeness (QED) is 0.733. The minimum Gasteiger partial charge on any atom is -0.389 e. The number of β-amino-alcohol motifs (C(OH)–C–C–N with tert-alkyl or cyclic N) is 1. The van der Waals surface area contributed by atoms with Crippen molar-refractivity contribution in [2.45, 2.75) is 58.0 Å². The second-order valence-corrected chi connectivity index (χ2v) is 7.94. The van der Waals surface area contributed by atoms with Crippen LogP contribution in [0.15, 0.2) is 0 Å². The summed E-state index contributed by atoms with van der Waals surface area (Å²) in [6, 6.07) is 0. The largest absolute Gasteiger partial charge is 0.389 e. The van der Waals surface area contributed by atoms with E-state index in [9.17, 15) is 5.11 Å². The molecule has 3 nitrogen and oxygen atoms in total. The highest BCUT2D eigenvalue weighted by Crippen LogP contribution is 2.49. The Bertz CT molecular complexity index is 314. The molecule has 122 valence electrons. The Labute approximate surface area is 130 Å². The molecule has 0 unspecified atom stereocenters. The van der Waals surface area contributed by atoms with Crippen LogP contribution >= 0.6 is 0 Å². The van der Waals surface area contributed by atoms with Crippen LogP contribution in [0.3, 0.4) is 0 Å². The molecule has 3 fully saturated rings. The molecule has 1 heterocycles. The van der Waals surface area contributed by atoms with E-state index in [2.05, 4.69) is 11.8 Å². The molecule has 1 N–H and O–H groups in total. The number of nitrogens with zero attached hydrogens (tertiary/aromatic N) is 1. The van der Waals surface area contributed by atoms with Gasteiger partial charge in [0.2, 0.25) is 0 Å². The maximum Gasteiger partial charge on any atom is 0.0900 e. The molecule has 2 bridgehead atoms. The number of piperidine rings is 1. The van der Waals surface area contributed by atoms with Gasteiger partial charge in [0, 0.05) is 13.2 Å². The number of aliphatic hydroxyl groups excluding tert-OH is 1. The normalized spacial score (nSPS) is 35.4. The van der Waals surface area contributed by atoms with Crippen molar-refractivity contribution in [2.75, 3.05) is 32.8 Å². The average Bonchev–Trinajstić information content (AvgIpc) is 3.09. The van der Waals surface area contributed by atoms with Gasteiger partial charge in [-0.25, -0.2) is 0 Å². The molecular weight excluding hydrogens is 262 g/mol. The molecule has 3 rings (SSSR count). The van der Waals surface area contributed by atoms with Gasteiger partial charge < -0.3 is 14.7 Å². The molecule has 2 saturated carbocycles. The summed E-state index contributed by atoms with van der Waals surface area (Å²) in [5.41, 5.74) is 0. The third-order valence-electron chi connectivity index (χ3n) is 6.17. The van der Waals surface area contributed by atoms with Gasteiger partial charge in [0.1, 0.15) is 0 Å². The standard InChI is InChI=1S/C18H33NO2/c1-14-4-7-19(8-5-14)12-18(20)13-21-9-6-17-11-15-2-3-16(17)10-15/h14-18,20H,2-13H2,1H3/t15-,16-,17-,18-/m0/s1. The molecule has 2 aliphatic carbocycles. The van der Waals surface area contributed by atoms with Crippen molar-refractivity contribution >= 4 is 0 Å². The van der Waals surface area contributed by atoms with Gasteiger partial charge >= 0.3 is 0 Å². The highest BCUT2D eigenvalue weighted by atomic mass is 16.5. The average molecular weight is 295 g/mol. The second kappa shape index (κ2) is 7.43. The highest BCUT2D eigenvalue weighted by molar-refractivity contribution is 4.89. The number of aliphatic hydroxyl groups is 1. The van der Waals surface area contributed by atoms with Crippen LogP contribution < -0.4 is 0 Å². The fourth-order valence-corrected chi connectivity index (χ4v) is 4.78. The molecule has 21 heavy (non-hydrogen) atoms. The van der Waals surface area contributed by atoms with Crippen LogP contribution in [-0.2, 0) is 4.74 Å². The monoisotopic (exact) mass is 295 g/mol. The zero-order valence-electron chi connectivity index (χ0n) is 13.7. The minimum absolute atomic E-state index is 0.307. The van der Waals surface area contributed by atoms with Gasteiger partial charge in [-0.1, -0.05) is 13.3 Å². The Hall–Kier alpha value is -0.120. The van der Waals surface area contributed by atoms with E-state index in [4.69, 9.17) is 4.74 Å². The molecule has 4 atom stereocenters. The lowest BCUT2D eigenvalue weighted by molar-refractivity contribution is 0.00593. The summed E-state index contributed by atoms with van der Waals surface area (Å²) in [6.45, 7) is 6.77. The van der Waals surface area contributed by atoms with Crippen molar-refractivity contribution < 1.29 is 9.84 Å². The third-order valence-corrected chi connectivity index (χ3v) is 6.17. The van der Waals surface area contributed by atoms with Crippen LogP contribution in [0.4, 0.5) is 0 Å². The van der Waals surface area contributed by atoms with E-state index < -0.39 is 0 Å². The van der Waals surface area contributed by atoms with Crippen LogP contribution in [0.2, 0.25) is 0 Å². The van der Waals surface area contributed by atoms with E-state index in [0.717, 1.165) is 49.9 Å². The van der Waals surface area contributed by atoms with Gasteiger partial charge in [0.15, 0.2) is 0 Å². The Kier molecular flexibility index (Phi) is 5.58. The van der Waals surface area contributed by atoms with Gasteiger partial charge in [-0.05, 0) is 75.3 Å². The van der Waals surface area contributed by atoms with E-state index in [1.54, 1.807) is 0 Å². The molecule has 3 aliphatic rings.